The van der Waals surface area contributed by atoms with Crippen LogP contribution in [0.25, 0.3) is 0 Å². The molecule has 0 radical (unpaired) electrons. The second-order valence-corrected chi connectivity index (χ2v) is 7.20. The first kappa shape index (κ1) is 17.9. The van der Waals surface area contributed by atoms with Gasteiger partial charge in [-0.2, -0.15) is 24.9 Å². The number of alkyl halides is 3. The van der Waals surface area contributed by atoms with Crippen molar-refractivity contribution < 1.29 is 18.0 Å². The summed E-state index contributed by atoms with van der Waals surface area (Å²) >= 11 is 1.75. The molecule has 0 aliphatic carbocycles. The third-order valence-corrected chi connectivity index (χ3v) is 5.59. The van der Waals surface area contributed by atoms with Gasteiger partial charge in [0, 0.05) is 24.1 Å². The molecule has 132 valence electrons. The van der Waals surface area contributed by atoms with E-state index in [0.29, 0.717) is 18.8 Å². The van der Waals surface area contributed by atoms with Gasteiger partial charge in [0.05, 0.1) is 11.1 Å². The van der Waals surface area contributed by atoms with E-state index in [1.54, 1.807) is 16.7 Å². The lowest BCUT2D eigenvalue weighted by Gasteiger charge is -2.22. The van der Waals surface area contributed by atoms with Gasteiger partial charge < -0.3 is 4.90 Å². The van der Waals surface area contributed by atoms with Gasteiger partial charge in [0.2, 0.25) is 0 Å². The van der Waals surface area contributed by atoms with Gasteiger partial charge in [-0.15, -0.1) is 0 Å². The zero-order valence-electron chi connectivity index (χ0n) is 13.5. The molecule has 1 aliphatic rings. The first-order valence-electron chi connectivity index (χ1n) is 8.09. The predicted molar refractivity (Wildman–Crippen MR) is 93.6 cm³/mol. The van der Waals surface area contributed by atoms with Crippen LogP contribution < -0.4 is 0 Å². The zero-order valence-corrected chi connectivity index (χ0v) is 14.3. The minimum atomic E-state index is -4.53. The van der Waals surface area contributed by atoms with Gasteiger partial charge in [0.15, 0.2) is 0 Å². The maximum atomic E-state index is 13.2. The maximum absolute atomic E-state index is 13.2. The van der Waals surface area contributed by atoms with E-state index in [4.69, 9.17) is 0 Å². The lowest BCUT2D eigenvalue weighted by Crippen LogP contribution is -2.34. The SMILES string of the molecule is O=C(c1ccccc1C(F)(F)F)N1CCS[C@H](c2ccccc2)CC1. The van der Waals surface area contributed by atoms with Crippen LogP contribution in [-0.2, 0) is 6.18 Å². The Bertz CT molecular complexity index is 733. The number of benzene rings is 2. The van der Waals surface area contributed by atoms with Gasteiger partial charge >= 0.3 is 6.18 Å². The van der Waals surface area contributed by atoms with Crippen molar-refractivity contribution in [2.24, 2.45) is 0 Å². The molecule has 0 N–H and O–H groups in total. The highest BCUT2D eigenvalue weighted by Crippen LogP contribution is 2.36. The van der Waals surface area contributed by atoms with E-state index in [2.05, 4.69) is 0 Å². The summed E-state index contributed by atoms with van der Waals surface area (Å²) in [4.78, 5) is 14.2. The van der Waals surface area contributed by atoms with Crippen LogP contribution in [0.2, 0.25) is 0 Å². The first-order valence-corrected chi connectivity index (χ1v) is 9.14. The smallest absolute Gasteiger partial charge is 0.338 e. The fourth-order valence-corrected chi connectivity index (χ4v) is 4.23. The van der Waals surface area contributed by atoms with E-state index in [1.165, 1.54) is 23.8 Å². The summed E-state index contributed by atoms with van der Waals surface area (Å²) in [5.74, 6) is 0.168. The Kier molecular flexibility index (Phi) is 5.37. The summed E-state index contributed by atoms with van der Waals surface area (Å²) in [7, 11) is 0. The molecule has 25 heavy (non-hydrogen) atoms. The minimum Gasteiger partial charge on any atom is -0.338 e. The fraction of sp³-hybridized carbons (Fsp3) is 0.316. The van der Waals surface area contributed by atoms with Crippen molar-refractivity contribution in [1.29, 1.82) is 0 Å². The Balaban J connectivity index is 1.76. The Morgan fingerprint density at radius 1 is 1.00 bits per heavy atom. The number of carbonyl (C=O) groups is 1. The topological polar surface area (TPSA) is 20.3 Å². The van der Waals surface area contributed by atoms with Crippen molar-refractivity contribution in [2.75, 3.05) is 18.8 Å². The van der Waals surface area contributed by atoms with Gasteiger partial charge in [0.1, 0.15) is 0 Å². The predicted octanol–water partition coefficient (Wildman–Crippen LogP) is 5.03. The molecule has 0 aromatic heterocycles. The Labute approximate surface area is 149 Å². The summed E-state index contributed by atoms with van der Waals surface area (Å²) in [5.41, 5.74) is 0.0622. The van der Waals surface area contributed by atoms with Gasteiger partial charge in [-0.1, -0.05) is 42.5 Å². The second-order valence-electron chi connectivity index (χ2n) is 5.89. The van der Waals surface area contributed by atoms with Crippen molar-refractivity contribution in [3.05, 3.63) is 71.3 Å². The molecule has 1 atom stereocenters. The number of carbonyl (C=O) groups excluding carboxylic acids is 1. The minimum absolute atomic E-state index is 0.261. The molecule has 6 heteroatoms. The van der Waals surface area contributed by atoms with Crippen LogP contribution in [0.3, 0.4) is 0 Å². The van der Waals surface area contributed by atoms with E-state index in [0.717, 1.165) is 12.5 Å². The van der Waals surface area contributed by atoms with E-state index in [-0.39, 0.29) is 10.8 Å². The van der Waals surface area contributed by atoms with Gasteiger partial charge in [-0.3, -0.25) is 4.79 Å². The average molecular weight is 365 g/mol. The normalized spacial score (nSPS) is 18.7. The highest BCUT2D eigenvalue weighted by Gasteiger charge is 2.36. The third-order valence-electron chi connectivity index (χ3n) is 4.26. The monoisotopic (exact) mass is 365 g/mol. The van der Waals surface area contributed by atoms with Gasteiger partial charge in [0.25, 0.3) is 5.91 Å². The summed E-state index contributed by atoms with van der Waals surface area (Å²) in [6.45, 7) is 0.913. The second kappa shape index (κ2) is 7.52. The molecule has 1 amide bonds. The molecular weight excluding hydrogens is 347 g/mol. The third kappa shape index (κ3) is 4.18. The summed E-state index contributed by atoms with van der Waals surface area (Å²) in [5, 5.41) is 0.261. The molecule has 0 unspecified atom stereocenters. The molecule has 0 saturated carbocycles. The van der Waals surface area contributed by atoms with Crippen molar-refractivity contribution in [3.63, 3.8) is 0 Å². The van der Waals surface area contributed by atoms with Crippen LogP contribution in [0.15, 0.2) is 54.6 Å². The van der Waals surface area contributed by atoms with Gasteiger partial charge in [-0.05, 0) is 24.1 Å². The number of hydrogen-bond acceptors (Lipinski definition) is 2. The summed E-state index contributed by atoms with van der Waals surface area (Å²) in [6, 6.07) is 15.0. The van der Waals surface area contributed by atoms with E-state index >= 15 is 0 Å². The lowest BCUT2D eigenvalue weighted by atomic mass is 10.1. The van der Waals surface area contributed by atoms with E-state index in [9.17, 15) is 18.0 Å². The highest BCUT2D eigenvalue weighted by molar-refractivity contribution is 7.99. The standard InChI is InChI=1S/C19H18F3NOS/c20-19(21,22)16-9-5-4-8-15(16)18(24)23-11-10-17(25-13-12-23)14-6-2-1-3-7-14/h1-9,17H,10-13H2/t17-/m0/s1. The van der Waals surface area contributed by atoms with Crippen LogP contribution in [0.4, 0.5) is 13.2 Å². The van der Waals surface area contributed by atoms with Crippen molar-refractivity contribution in [2.45, 2.75) is 17.8 Å². The molecule has 1 aliphatic heterocycles. The summed E-state index contributed by atoms with van der Waals surface area (Å²) in [6.07, 6.45) is -3.80. The number of hydrogen-bond donors (Lipinski definition) is 0. The molecule has 3 rings (SSSR count). The molecular formula is C19H18F3NOS. The number of rotatable bonds is 2. The molecule has 2 aromatic carbocycles. The maximum Gasteiger partial charge on any atom is 0.417 e. The van der Waals surface area contributed by atoms with E-state index in [1.807, 2.05) is 30.3 Å². The van der Waals surface area contributed by atoms with Gasteiger partial charge in [-0.25, -0.2) is 0 Å². The Morgan fingerprint density at radius 2 is 1.68 bits per heavy atom. The highest BCUT2D eigenvalue weighted by atomic mass is 32.2. The molecule has 0 bridgehead atoms. The van der Waals surface area contributed by atoms with Crippen LogP contribution >= 0.6 is 11.8 Å². The zero-order chi connectivity index (χ0) is 17.9. The van der Waals surface area contributed by atoms with Crippen molar-refractivity contribution in [3.8, 4) is 0 Å². The fourth-order valence-electron chi connectivity index (χ4n) is 2.99. The van der Waals surface area contributed by atoms with Crippen LogP contribution in [0.1, 0.15) is 33.2 Å². The molecule has 1 saturated heterocycles. The molecule has 2 nitrogen and oxygen atoms in total. The number of halogens is 3. The Hall–Kier alpha value is -1.95. The summed E-state index contributed by atoms with van der Waals surface area (Å²) < 4.78 is 39.5. The van der Waals surface area contributed by atoms with Crippen molar-refractivity contribution >= 4 is 17.7 Å². The molecule has 1 heterocycles. The van der Waals surface area contributed by atoms with Crippen molar-refractivity contribution in [1.82, 2.24) is 4.90 Å². The van der Waals surface area contributed by atoms with Crippen LogP contribution in [-0.4, -0.2) is 29.6 Å². The number of thioether (sulfide) groups is 1. The lowest BCUT2D eigenvalue weighted by molar-refractivity contribution is -0.138. The molecule has 0 spiro atoms. The number of nitrogens with zero attached hydrogens (tertiary/aromatic N) is 1. The Morgan fingerprint density at radius 3 is 2.40 bits per heavy atom. The first-order chi connectivity index (χ1) is 12.0. The van der Waals surface area contributed by atoms with E-state index < -0.39 is 17.6 Å². The average Bonchev–Trinajstić information content (AvgIpc) is 2.87. The largest absolute Gasteiger partial charge is 0.417 e. The quantitative estimate of drug-likeness (QED) is 0.744. The molecule has 1 fully saturated rings. The molecule has 2 aromatic rings. The van der Waals surface area contributed by atoms with Crippen LogP contribution in [0, 0.1) is 0 Å². The van der Waals surface area contributed by atoms with Crippen LogP contribution in [0.5, 0.6) is 0 Å². The number of amides is 1.